The highest BCUT2D eigenvalue weighted by molar-refractivity contribution is 7.91. The summed E-state index contributed by atoms with van der Waals surface area (Å²) in [5.41, 5.74) is 6.56. The first-order valence-corrected chi connectivity index (χ1v) is 7.43. The molecular formula is C11H14ClNO2S. The zero-order valence-electron chi connectivity index (χ0n) is 8.93. The van der Waals surface area contributed by atoms with E-state index in [0.29, 0.717) is 11.6 Å². The summed E-state index contributed by atoms with van der Waals surface area (Å²) >= 11 is 5.89. The van der Waals surface area contributed by atoms with Gasteiger partial charge in [0.15, 0.2) is 9.84 Å². The molecule has 0 saturated heterocycles. The minimum atomic E-state index is -3.02. The maximum atomic E-state index is 11.5. The SMILES string of the molecule is CS(=O)(=O)[C@@H]1[C@H](CN)[C@@H]1c1cccc(Cl)c1. The van der Waals surface area contributed by atoms with Gasteiger partial charge in [0.2, 0.25) is 0 Å². The number of hydrogen-bond donors (Lipinski definition) is 1. The van der Waals surface area contributed by atoms with E-state index >= 15 is 0 Å². The quantitative estimate of drug-likeness (QED) is 0.893. The third-order valence-electron chi connectivity index (χ3n) is 3.10. The largest absolute Gasteiger partial charge is 0.330 e. The van der Waals surface area contributed by atoms with Crippen LogP contribution in [0.2, 0.25) is 5.02 Å². The molecule has 3 nitrogen and oxygen atoms in total. The van der Waals surface area contributed by atoms with Crippen LogP contribution in [-0.2, 0) is 9.84 Å². The highest BCUT2D eigenvalue weighted by Crippen LogP contribution is 2.51. The zero-order chi connectivity index (χ0) is 11.9. The molecule has 1 aliphatic rings. The van der Waals surface area contributed by atoms with E-state index in [1.165, 1.54) is 6.26 Å². The number of benzene rings is 1. The summed E-state index contributed by atoms with van der Waals surface area (Å²) in [6, 6.07) is 7.34. The second-order valence-corrected chi connectivity index (χ2v) is 6.91. The van der Waals surface area contributed by atoms with Crippen LogP contribution in [0.15, 0.2) is 24.3 Å². The Labute approximate surface area is 101 Å². The van der Waals surface area contributed by atoms with E-state index in [2.05, 4.69) is 0 Å². The molecule has 1 aliphatic carbocycles. The van der Waals surface area contributed by atoms with Gasteiger partial charge in [0.25, 0.3) is 0 Å². The molecule has 1 aromatic carbocycles. The third kappa shape index (κ3) is 2.10. The molecule has 0 aromatic heterocycles. The summed E-state index contributed by atoms with van der Waals surface area (Å²) in [6.07, 6.45) is 1.27. The fraction of sp³-hybridized carbons (Fsp3) is 0.455. The maximum absolute atomic E-state index is 11.5. The summed E-state index contributed by atoms with van der Waals surface area (Å²) in [5.74, 6) is 0.0483. The fourth-order valence-electron chi connectivity index (χ4n) is 2.36. The lowest BCUT2D eigenvalue weighted by molar-refractivity contribution is 0.597. The Morgan fingerprint density at radius 2 is 2.12 bits per heavy atom. The van der Waals surface area contributed by atoms with Crippen LogP contribution in [-0.4, -0.2) is 26.5 Å². The monoisotopic (exact) mass is 259 g/mol. The average Bonchev–Trinajstić information content (AvgIpc) is 2.91. The second-order valence-electron chi connectivity index (χ2n) is 4.27. The van der Waals surface area contributed by atoms with Gasteiger partial charge in [0.05, 0.1) is 5.25 Å². The Bertz CT molecular complexity index is 500. The molecule has 0 spiro atoms. The van der Waals surface area contributed by atoms with E-state index < -0.39 is 9.84 Å². The van der Waals surface area contributed by atoms with Gasteiger partial charge in [-0.25, -0.2) is 8.42 Å². The summed E-state index contributed by atoms with van der Waals surface area (Å²) in [4.78, 5) is 0. The molecule has 5 heteroatoms. The molecule has 1 fully saturated rings. The van der Waals surface area contributed by atoms with Crippen LogP contribution in [0.3, 0.4) is 0 Å². The molecule has 3 atom stereocenters. The first kappa shape index (κ1) is 11.9. The van der Waals surface area contributed by atoms with Crippen molar-refractivity contribution in [2.24, 2.45) is 11.7 Å². The molecule has 0 amide bonds. The molecule has 16 heavy (non-hydrogen) atoms. The number of hydrogen-bond acceptors (Lipinski definition) is 3. The molecule has 2 N–H and O–H groups in total. The van der Waals surface area contributed by atoms with Crippen molar-refractivity contribution < 1.29 is 8.42 Å². The lowest BCUT2D eigenvalue weighted by Gasteiger charge is -1.99. The van der Waals surface area contributed by atoms with Gasteiger partial charge in [-0.05, 0) is 30.2 Å². The Hall–Kier alpha value is -0.580. The van der Waals surface area contributed by atoms with Crippen LogP contribution >= 0.6 is 11.6 Å². The van der Waals surface area contributed by atoms with E-state index in [1.807, 2.05) is 18.2 Å². The molecule has 0 heterocycles. The maximum Gasteiger partial charge on any atom is 0.151 e. The number of rotatable bonds is 3. The molecule has 0 unspecified atom stereocenters. The number of halogens is 1. The minimum Gasteiger partial charge on any atom is -0.330 e. The van der Waals surface area contributed by atoms with Gasteiger partial charge in [0, 0.05) is 17.2 Å². The van der Waals surface area contributed by atoms with Crippen LogP contribution in [0.1, 0.15) is 11.5 Å². The van der Waals surface area contributed by atoms with Crippen molar-refractivity contribution in [1.29, 1.82) is 0 Å². The van der Waals surface area contributed by atoms with Crippen molar-refractivity contribution in [2.45, 2.75) is 11.2 Å². The summed E-state index contributed by atoms with van der Waals surface area (Å²) < 4.78 is 23.1. The topological polar surface area (TPSA) is 60.2 Å². The van der Waals surface area contributed by atoms with Gasteiger partial charge in [0.1, 0.15) is 0 Å². The van der Waals surface area contributed by atoms with Crippen molar-refractivity contribution in [1.82, 2.24) is 0 Å². The van der Waals surface area contributed by atoms with E-state index in [9.17, 15) is 8.42 Å². The first-order valence-electron chi connectivity index (χ1n) is 5.09. The molecule has 0 bridgehead atoms. The highest BCUT2D eigenvalue weighted by atomic mass is 35.5. The summed E-state index contributed by atoms with van der Waals surface area (Å²) in [7, 11) is -3.02. The average molecular weight is 260 g/mol. The Balaban J connectivity index is 2.30. The van der Waals surface area contributed by atoms with Gasteiger partial charge < -0.3 is 5.73 Å². The molecule has 0 radical (unpaired) electrons. The molecule has 1 aromatic rings. The van der Waals surface area contributed by atoms with Crippen LogP contribution in [0.25, 0.3) is 0 Å². The smallest absolute Gasteiger partial charge is 0.151 e. The Morgan fingerprint density at radius 3 is 2.56 bits per heavy atom. The Morgan fingerprint density at radius 1 is 1.44 bits per heavy atom. The zero-order valence-corrected chi connectivity index (χ0v) is 10.5. The van der Waals surface area contributed by atoms with Gasteiger partial charge in [-0.3, -0.25) is 0 Å². The normalized spacial score (nSPS) is 29.1. The highest BCUT2D eigenvalue weighted by Gasteiger charge is 2.55. The van der Waals surface area contributed by atoms with Gasteiger partial charge in [-0.15, -0.1) is 0 Å². The number of sulfone groups is 1. The van der Waals surface area contributed by atoms with Gasteiger partial charge in [-0.2, -0.15) is 0 Å². The van der Waals surface area contributed by atoms with Crippen LogP contribution in [0, 0.1) is 5.92 Å². The van der Waals surface area contributed by atoms with Crippen molar-refractivity contribution in [3.05, 3.63) is 34.9 Å². The van der Waals surface area contributed by atoms with Crippen molar-refractivity contribution in [3.8, 4) is 0 Å². The molecule has 0 aliphatic heterocycles. The molecule has 88 valence electrons. The molecule has 1 saturated carbocycles. The lowest BCUT2D eigenvalue weighted by Crippen LogP contribution is -2.11. The minimum absolute atomic E-state index is 0.0127. The number of nitrogens with two attached hydrogens (primary N) is 1. The fourth-order valence-corrected chi connectivity index (χ4v) is 4.27. The van der Waals surface area contributed by atoms with Crippen molar-refractivity contribution in [3.63, 3.8) is 0 Å². The third-order valence-corrected chi connectivity index (χ3v) is 4.96. The lowest BCUT2D eigenvalue weighted by atomic mass is 10.1. The van der Waals surface area contributed by atoms with Gasteiger partial charge >= 0.3 is 0 Å². The van der Waals surface area contributed by atoms with Crippen LogP contribution in [0.4, 0.5) is 0 Å². The van der Waals surface area contributed by atoms with E-state index in [0.717, 1.165) is 5.56 Å². The molecule has 2 rings (SSSR count). The van der Waals surface area contributed by atoms with E-state index in [1.54, 1.807) is 6.07 Å². The van der Waals surface area contributed by atoms with Crippen LogP contribution < -0.4 is 5.73 Å². The van der Waals surface area contributed by atoms with E-state index in [-0.39, 0.29) is 17.1 Å². The van der Waals surface area contributed by atoms with Crippen molar-refractivity contribution in [2.75, 3.05) is 12.8 Å². The molecular weight excluding hydrogens is 246 g/mol. The Kier molecular flexibility index (Phi) is 2.99. The summed E-state index contributed by atoms with van der Waals surface area (Å²) in [5, 5.41) is 0.295. The summed E-state index contributed by atoms with van der Waals surface area (Å²) in [6.45, 7) is 0.398. The van der Waals surface area contributed by atoms with Gasteiger partial charge in [-0.1, -0.05) is 23.7 Å². The van der Waals surface area contributed by atoms with E-state index in [4.69, 9.17) is 17.3 Å². The predicted octanol–water partition coefficient (Wildman–Crippen LogP) is 1.43. The van der Waals surface area contributed by atoms with Crippen LogP contribution in [0.5, 0.6) is 0 Å². The predicted molar refractivity (Wildman–Crippen MR) is 65.4 cm³/mol. The van der Waals surface area contributed by atoms with Crippen molar-refractivity contribution >= 4 is 21.4 Å². The standard InChI is InChI=1S/C11H14ClNO2S/c1-16(14,15)11-9(6-13)10(11)7-3-2-4-8(12)5-7/h2-5,9-11H,6,13H2,1H3/t9-,10+,11-/m1/s1. The first-order chi connectivity index (χ1) is 7.45. The second kappa shape index (κ2) is 4.02.